The molecule has 6 nitrogen and oxygen atoms in total. The van der Waals surface area contributed by atoms with Gasteiger partial charge in [-0.05, 0) is 19.0 Å². The highest BCUT2D eigenvalue weighted by molar-refractivity contribution is 6.29. The Morgan fingerprint density at radius 1 is 1.61 bits per heavy atom. The van der Waals surface area contributed by atoms with Gasteiger partial charge in [-0.1, -0.05) is 18.5 Å². The van der Waals surface area contributed by atoms with Crippen LogP contribution in [0.3, 0.4) is 0 Å². The van der Waals surface area contributed by atoms with Gasteiger partial charge in [0.15, 0.2) is 0 Å². The molecule has 2 rings (SSSR count). The summed E-state index contributed by atoms with van der Waals surface area (Å²) in [5.41, 5.74) is 0. The van der Waals surface area contributed by atoms with Crippen LogP contribution < -0.4 is 15.4 Å². The van der Waals surface area contributed by atoms with E-state index >= 15 is 0 Å². The molecule has 0 aromatic carbocycles. The van der Waals surface area contributed by atoms with Crippen molar-refractivity contribution in [2.24, 2.45) is 11.8 Å². The van der Waals surface area contributed by atoms with Gasteiger partial charge < -0.3 is 10.1 Å². The van der Waals surface area contributed by atoms with E-state index in [1.807, 2.05) is 6.92 Å². The minimum atomic E-state index is -0.106. The monoisotopic (exact) mass is 270 g/mol. The summed E-state index contributed by atoms with van der Waals surface area (Å²) in [7, 11) is 1.48. The number of methoxy groups -OCH3 is 1. The van der Waals surface area contributed by atoms with Crippen LogP contribution in [0.25, 0.3) is 0 Å². The number of halogens is 1. The van der Waals surface area contributed by atoms with E-state index in [1.165, 1.54) is 13.2 Å². The molecule has 0 spiro atoms. The van der Waals surface area contributed by atoms with Crippen LogP contribution in [0, 0.1) is 11.8 Å². The van der Waals surface area contributed by atoms with Crippen LogP contribution in [-0.2, 0) is 4.79 Å². The molecule has 18 heavy (non-hydrogen) atoms. The van der Waals surface area contributed by atoms with Crippen molar-refractivity contribution in [3.8, 4) is 5.88 Å². The predicted molar refractivity (Wildman–Crippen MR) is 67.7 cm³/mol. The van der Waals surface area contributed by atoms with Crippen molar-refractivity contribution in [3.05, 3.63) is 11.2 Å². The number of hydrogen-bond donors (Lipinski definition) is 2. The summed E-state index contributed by atoms with van der Waals surface area (Å²) in [6.45, 7) is 3.63. The molecule has 0 radical (unpaired) electrons. The number of rotatable bonds is 4. The van der Waals surface area contributed by atoms with Crippen molar-refractivity contribution in [3.63, 3.8) is 0 Å². The second-order valence-corrected chi connectivity index (χ2v) is 4.64. The molecule has 98 valence electrons. The van der Waals surface area contributed by atoms with Crippen LogP contribution in [0.4, 0.5) is 5.95 Å². The SMILES string of the molecule is COc1cc(Cl)nc(NC(=O)C(C)C2CNC2)n1. The Bertz CT molecular complexity index is 451. The van der Waals surface area contributed by atoms with Gasteiger partial charge in [0.2, 0.25) is 17.7 Å². The summed E-state index contributed by atoms with van der Waals surface area (Å²) in [6, 6.07) is 1.48. The average Bonchev–Trinajstić information content (AvgIpc) is 2.25. The molecule has 1 fully saturated rings. The predicted octanol–water partition coefficient (Wildman–Crippen LogP) is 0.933. The fourth-order valence-electron chi connectivity index (χ4n) is 1.66. The van der Waals surface area contributed by atoms with Crippen LogP contribution in [0.1, 0.15) is 6.92 Å². The van der Waals surface area contributed by atoms with Gasteiger partial charge in [-0.25, -0.2) is 4.98 Å². The number of carbonyl (C=O) groups is 1. The highest BCUT2D eigenvalue weighted by Crippen LogP contribution is 2.19. The molecule has 1 saturated heterocycles. The second kappa shape index (κ2) is 5.49. The highest BCUT2D eigenvalue weighted by atomic mass is 35.5. The topological polar surface area (TPSA) is 76.1 Å². The van der Waals surface area contributed by atoms with Crippen molar-refractivity contribution in [2.45, 2.75) is 6.92 Å². The number of anilines is 1. The maximum Gasteiger partial charge on any atom is 0.234 e. The number of amides is 1. The smallest absolute Gasteiger partial charge is 0.234 e. The van der Waals surface area contributed by atoms with E-state index in [9.17, 15) is 4.79 Å². The Kier molecular flexibility index (Phi) is 3.98. The van der Waals surface area contributed by atoms with Gasteiger partial charge in [-0.15, -0.1) is 0 Å². The van der Waals surface area contributed by atoms with Crippen molar-refractivity contribution in [2.75, 3.05) is 25.5 Å². The van der Waals surface area contributed by atoms with Crippen molar-refractivity contribution in [1.82, 2.24) is 15.3 Å². The fraction of sp³-hybridized carbons (Fsp3) is 0.545. The normalized spacial score (nSPS) is 16.8. The minimum Gasteiger partial charge on any atom is -0.481 e. The molecule has 0 aliphatic carbocycles. The number of nitrogens with zero attached hydrogens (tertiary/aromatic N) is 2. The van der Waals surface area contributed by atoms with Gasteiger partial charge in [0.1, 0.15) is 5.15 Å². The molecule has 1 aliphatic heterocycles. The van der Waals surface area contributed by atoms with Crippen molar-refractivity contribution >= 4 is 23.5 Å². The van der Waals surface area contributed by atoms with Gasteiger partial charge >= 0.3 is 0 Å². The van der Waals surface area contributed by atoms with Gasteiger partial charge in [0.25, 0.3) is 0 Å². The van der Waals surface area contributed by atoms with Crippen LogP contribution in [0.15, 0.2) is 6.07 Å². The molecule has 2 N–H and O–H groups in total. The molecule has 0 bridgehead atoms. The van der Waals surface area contributed by atoms with E-state index < -0.39 is 0 Å². The summed E-state index contributed by atoms with van der Waals surface area (Å²) in [5, 5.41) is 6.02. The Morgan fingerprint density at radius 3 is 2.89 bits per heavy atom. The molecular weight excluding hydrogens is 256 g/mol. The number of nitrogens with one attached hydrogen (secondary N) is 2. The van der Waals surface area contributed by atoms with E-state index in [0.717, 1.165) is 13.1 Å². The maximum atomic E-state index is 12.0. The van der Waals surface area contributed by atoms with Gasteiger partial charge in [0.05, 0.1) is 7.11 Å². The van der Waals surface area contributed by atoms with E-state index in [4.69, 9.17) is 16.3 Å². The van der Waals surface area contributed by atoms with Crippen LogP contribution in [-0.4, -0.2) is 36.1 Å². The molecule has 1 aliphatic rings. The van der Waals surface area contributed by atoms with E-state index in [2.05, 4.69) is 20.6 Å². The largest absolute Gasteiger partial charge is 0.481 e. The lowest BCUT2D eigenvalue weighted by Crippen LogP contribution is -2.48. The standard InChI is InChI=1S/C11H15ClN4O2/c1-6(7-4-13-5-7)10(17)16-11-14-8(12)3-9(15-11)18-2/h3,6-7,13H,4-5H2,1-2H3,(H,14,15,16,17). The first kappa shape index (κ1) is 13.0. The van der Waals surface area contributed by atoms with Crippen molar-refractivity contribution in [1.29, 1.82) is 0 Å². The summed E-state index contributed by atoms with van der Waals surface area (Å²) in [5.74, 6) is 0.670. The summed E-state index contributed by atoms with van der Waals surface area (Å²) in [4.78, 5) is 19.9. The lowest BCUT2D eigenvalue weighted by atomic mass is 9.88. The zero-order chi connectivity index (χ0) is 13.1. The summed E-state index contributed by atoms with van der Waals surface area (Å²) in [6.07, 6.45) is 0. The molecular formula is C11H15ClN4O2. The Labute approximate surface area is 110 Å². The van der Waals surface area contributed by atoms with Gasteiger partial charge in [0, 0.05) is 12.0 Å². The molecule has 0 saturated carbocycles. The van der Waals surface area contributed by atoms with E-state index in [-0.39, 0.29) is 22.9 Å². The molecule has 1 amide bonds. The maximum absolute atomic E-state index is 12.0. The second-order valence-electron chi connectivity index (χ2n) is 4.25. The zero-order valence-electron chi connectivity index (χ0n) is 10.2. The van der Waals surface area contributed by atoms with Crippen LogP contribution >= 0.6 is 11.6 Å². The molecule has 1 atom stereocenters. The molecule has 2 heterocycles. The quantitative estimate of drug-likeness (QED) is 0.796. The third kappa shape index (κ3) is 2.88. The fourth-order valence-corrected chi connectivity index (χ4v) is 1.83. The van der Waals surface area contributed by atoms with Crippen LogP contribution in [0.5, 0.6) is 5.88 Å². The third-order valence-electron chi connectivity index (χ3n) is 3.05. The van der Waals surface area contributed by atoms with E-state index in [0.29, 0.717) is 11.8 Å². The first-order valence-corrected chi connectivity index (χ1v) is 6.08. The average molecular weight is 271 g/mol. The van der Waals surface area contributed by atoms with Crippen LogP contribution in [0.2, 0.25) is 5.15 Å². The number of carbonyl (C=O) groups excluding carboxylic acids is 1. The third-order valence-corrected chi connectivity index (χ3v) is 3.24. The molecule has 1 aromatic heterocycles. The number of ether oxygens (including phenoxy) is 1. The van der Waals surface area contributed by atoms with Gasteiger partial charge in [-0.2, -0.15) is 4.98 Å². The lowest BCUT2D eigenvalue weighted by molar-refractivity contribution is -0.121. The Morgan fingerprint density at radius 2 is 2.33 bits per heavy atom. The Hall–Kier alpha value is -1.40. The summed E-state index contributed by atoms with van der Waals surface area (Å²) >= 11 is 5.80. The highest BCUT2D eigenvalue weighted by Gasteiger charge is 2.29. The first-order chi connectivity index (χ1) is 8.60. The lowest BCUT2D eigenvalue weighted by Gasteiger charge is -2.31. The molecule has 1 unspecified atom stereocenters. The Balaban J connectivity index is 2.03. The van der Waals surface area contributed by atoms with E-state index in [1.54, 1.807) is 0 Å². The minimum absolute atomic E-state index is 0.0835. The van der Waals surface area contributed by atoms with Gasteiger partial charge in [-0.3, -0.25) is 10.1 Å². The first-order valence-electron chi connectivity index (χ1n) is 5.70. The van der Waals surface area contributed by atoms with Crippen molar-refractivity contribution < 1.29 is 9.53 Å². The summed E-state index contributed by atoms with van der Waals surface area (Å²) < 4.78 is 4.96. The molecule has 1 aromatic rings. The number of hydrogen-bond acceptors (Lipinski definition) is 5. The zero-order valence-corrected chi connectivity index (χ0v) is 11.0. The number of aromatic nitrogens is 2. The molecule has 7 heteroatoms.